The normalized spacial score (nSPS) is 14.2. The number of oxime groups is 8. The first kappa shape index (κ1) is 52.1. The van der Waals surface area contributed by atoms with E-state index in [1.54, 1.807) is 0 Å². The predicted octanol–water partition coefficient (Wildman–Crippen LogP) is -3.73. The molecule has 0 radical (unpaired) electrons. The van der Waals surface area contributed by atoms with E-state index in [0.717, 1.165) is 0 Å². The van der Waals surface area contributed by atoms with Crippen molar-refractivity contribution in [2.45, 2.75) is 51.4 Å². The lowest BCUT2D eigenvalue weighted by molar-refractivity contribution is 0.212. The van der Waals surface area contributed by atoms with Crippen LogP contribution in [-0.2, 0) is 0 Å². The molecule has 0 aliphatic rings. The van der Waals surface area contributed by atoms with E-state index in [0.29, 0.717) is 130 Å². The predicted molar refractivity (Wildman–Crippen MR) is 210 cm³/mol. The lowest BCUT2D eigenvalue weighted by Gasteiger charge is -2.27. The van der Waals surface area contributed by atoms with Crippen molar-refractivity contribution in [3.05, 3.63) is 0 Å². The third-order valence-electron chi connectivity index (χ3n) is 7.97. The summed E-state index contributed by atoms with van der Waals surface area (Å²) in [7, 11) is 0. The quantitative estimate of drug-likeness (QED) is 0.0143. The van der Waals surface area contributed by atoms with Gasteiger partial charge in [0, 0.05) is 130 Å². The zero-order valence-corrected chi connectivity index (χ0v) is 31.7. The fourth-order valence-corrected chi connectivity index (χ4v) is 4.49. The van der Waals surface area contributed by atoms with E-state index in [-0.39, 0.29) is 46.7 Å². The number of amidine groups is 8. The van der Waals surface area contributed by atoms with E-state index in [1.807, 2.05) is 19.6 Å². The van der Waals surface area contributed by atoms with Crippen LogP contribution in [0.25, 0.3) is 0 Å². The first-order chi connectivity index (χ1) is 26.7. The highest BCUT2D eigenvalue weighted by Gasteiger charge is 2.14. The van der Waals surface area contributed by atoms with Gasteiger partial charge in [-0.15, -0.1) is 0 Å². The Labute approximate surface area is 325 Å². The number of nitrogens with zero attached hydrogens (tertiary/aromatic N) is 12. The van der Waals surface area contributed by atoms with Gasteiger partial charge in [0.25, 0.3) is 0 Å². The molecule has 0 fully saturated rings. The average Bonchev–Trinajstić information content (AvgIpc) is 3.22. The molecule has 0 bridgehead atoms. The van der Waals surface area contributed by atoms with E-state index in [4.69, 9.17) is 87.5 Å². The second-order valence-electron chi connectivity index (χ2n) is 12.1. The van der Waals surface area contributed by atoms with E-state index in [9.17, 15) is 0 Å². The Hall–Kier alpha value is -6.00. The number of nitrogens with two attached hydrogens (primary N) is 8. The first-order valence-corrected chi connectivity index (χ1v) is 17.3. The summed E-state index contributed by atoms with van der Waals surface area (Å²) in [5.41, 5.74) is 44.2. The second kappa shape index (κ2) is 33.6. The SMILES string of the molecule is N/C(CCN(CC/C(N)=N/O)CCN(CC/C(N)=N/O)CC/C(N)=N/O)=N\O.N/C(CCN(CC/C(N)=N/O)CCN(CC/C(N)=N/O)CC/C(N)=N/O)=N\O. The molecule has 0 amide bonds. The van der Waals surface area contributed by atoms with Crippen molar-refractivity contribution in [3.8, 4) is 0 Å². The molecule has 0 aromatic rings. The van der Waals surface area contributed by atoms with Crippen LogP contribution in [0.15, 0.2) is 41.2 Å². The zero-order chi connectivity index (χ0) is 42.7. The lowest BCUT2D eigenvalue weighted by Crippen LogP contribution is -2.40. The van der Waals surface area contributed by atoms with Crippen LogP contribution in [0.3, 0.4) is 0 Å². The molecule has 0 atom stereocenters. The smallest absolute Gasteiger partial charge is 0.140 e. The molecule has 0 saturated heterocycles. The number of hydrogen-bond acceptors (Lipinski definition) is 20. The van der Waals surface area contributed by atoms with Crippen molar-refractivity contribution in [2.24, 2.45) is 87.1 Å². The van der Waals surface area contributed by atoms with Crippen LogP contribution in [0.5, 0.6) is 0 Å². The van der Waals surface area contributed by atoms with Crippen LogP contribution in [0, 0.1) is 0 Å². The van der Waals surface area contributed by atoms with Gasteiger partial charge in [-0.05, 0) is 0 Å². The van der Waals surface area contributed by atoms with Gasteiger partial charge in [-0.1, -0.05) is 41.2 Å². The van der Waals surface area contributed by atoms with Crippen molar-refractivity contribution in [1.29, 1.82) is 0 Å². The maximum Gasteiger partial charge on any atom is 0.140 e. The van der Waals surface area contributed by atoms with Crippen LogP contribution in [0.4, 0.5) is 0 Å². The van der Waals surface area contributed by atoms with Gasteiger partial charge < -0.3 is 107 Å². The van der Waals surface area contributed by atoms with E-state index >= 15 is 0 Å². The Bertz CT molecular complexity index is 1020. The lowest BCUT2D eigenvalue weighted by atomic mass is 10.2. The van der Waals surface area contributed by atoms with Crippen molar-refractivity contribution in [3.63, 3.8) is 0 Å². The van der Waals surface area contributed by atoms with Gasteiger partial charge in [0.05, 0.1) is 0 Å². The van der Waals surface area contributed by atoms with Gasteiger partial charge in [-0.3, -0.25) is 0 Å². The average molecular weight is 809 g/mol. The van der Waals surface area contributed by atoms with Gasteiger partial charge in [-0.2, -0.15) is 0 Å². The summed E-state index contributed by atoms with van der Waals surface area (Å²) in [6, 6.07) is 0. The van der Waals surface area contributed by atoms with Crippen LogP contribution in [-0.4, -0.2) is 186 Å². The fraction of sp³-hybridized carbons (Fsp3) is 0.714. The number of hydrogen-bond donors (Lipinski definition) is 16. The first-order valence-electron chi connectivity index (χ1n) is 17.3. The summed E-state index contributed by atoms with van der Waals surface area (Å²) >= 11 is 0. The Kier molecular flexibility index (Phi) is 31.2. The summed E-state index contributed by atoms with van der Waals surface area (Å²) < 4.78 is 0. The summed E-state index contributed by atoms with van der Waals surface area (Å²) in [4.78, 5) is 8.04. The highest BCUT2D eigenvalue weighted by Crippen LogP contribution is 2.02. The number of rotatable bonds is 30. The molecule has 0 spiro atoms. The van der Waals surface area contributed by atoms with Gasteiger partial charge in [0.15, 0.2) is 0 Å². The molecule has 0 saturated carbocycles. The summed E-state index contributed by atoms with van der Waals surface area (Å²) in [5.74, 6) is 0.811. The third kappa shape index (κ3) is 29.5. The molecular formula is C28H64N20O8. The Balaban J connectivity index is 0. The molecule has 28 nitrogen and oxygen atoms in total. The maximum atomic E-state index is 8.69. The van der Waals surface area contributed by atoms with Crippen LogP contribution in [0.1, 0.15) is 51.4 Å². The van der Waals surface area contributed by atoms with Gasteiger partial charge in [-0.25, -0.2) is 0 Å². The Morgan fingerprint density at radius 3 is 0.429 bits per heavy atom. The van der Waals surface area contributed by atoms with E-state index in [1.165, 1.54) is 0 Å². The van der Waals surface area contributed by atoms with Crippen LogP contribution in [0.2, 0.25) is 0 Å². The minimum absolute atomic E-state index is 0.101. The summed E-state index contributed by atoms with van der Waals surface area (Å²) in [5, 5.41) is 93.1. The molecule has 0 aromatic carbocycles. The summed E-state index contributed by atoms with van der Waals surface area (Å²) in [6.45, 7) is 6.37. The van der Waals surface area contributed by atoms with Crippen molar-refractivity contribution >= 4 is 46.7 Å². The molecule has 0 rings (SSSR count). The minimum Gasteiger partial charge on any atom is -0.409 e. The second-order valence-corrected chi connectivity index (χ2v) is 12.1. The maximum absolute atomic E-state index is 8.69. The topological polar surface area (TPSA) is 482 Å². The van der Waals surface area contributed by atoms with Crippen molar-refractivity contribution < 1.29 is 41.7 Å². The highest BCUT2D eigenvalue weighted by atomic mass is 16.4. The molecule has 28 heteroatoms. The monoisotopic (exact) mass is 809 g/mol. The van der Waals surface area contributed by atoms with Gasteiger partial charge in [0.2, 0.25) is 0 Å². The molecular weight excluding hydrogens is 744 g/mol. The molecule has 0 heterocycles. The van der Waals surface area contributed by atoms with Crippen molar-refractivity contribution in [2.75, 3.05) is 78.5 Å². The Morgan fingerprint density at radius 2 is 0.339 bits per heavy atom. The fourth-order valence-electron chi connectivity index (χ4n) is 4.49. The molecule has 56 heavy (non-hydrogen) atoms. The van der Waals surface area contributed by atoms with Crippen LogP contribution >= 0.6 is 0 Å². The van der Waals surface area contributed by atoms with E-state index in [2.05, 4.69) is 41.2 Å². The molecule has 0 aliphatic carbocycles. The van der Waals surface area contributed by atoms with Crippen molar-refractivity contribution in [1.82, 2.24) is 19.6 Å². The molecule has 324 valence electrons. The zero-order valence-electron chi connectivity index (χ0n) is 31.7. The molecule has 0 aromatic heterocycles. The minimum atomic E-state index is 0.101. The van der Waals surface area contributed by atoms with Gasteiger partial charge in [0.1, 0.15) is 46.7 Å². The summed E-state index contributed by atoms with van der Waals surface area (Å²) in [6.07, 6.45) is 2.78. The highest BCUT2D eigenvalue weighted by molar-refractivity contribution is 5.82. The Morgan fingerprint density at radius 1 is 0.232 bits per heavy atom. The molecule has 0 unspecified atom stereocenters. The van der Waals surface area contributed by atoms with Crippen LogP contribution < -0.4 is 45.9 Å². The molecule has 24 N–H and O–H groups in total. The standard InChI is InChI=1S/2C14H32N10O4/c2*15-11(19-25)1-5-23(6-2-12(16)20-26)9-10-24(7-3-13(17)21-27)8-4-14(18)22-28/h2*25-28H,1-10H2,(H2,15,19)(H2,16,20)(H2,17,21)(H2,18,22). The third-order valence-corrected chi connectivity index (χ3v) is 7.97. The van der Waals surface area contributed by atoms with E-state index < -0.39 is 0 Å². The molecule has 0 aliphatic heterocycles. The van der Waals surface area contributed by atoms with Gasteiger partial charge >= 0.3 is 0 Å². The largest absolute Gasteiger partial charge is 0.409 e.